The topological polar surface area (TPSA) is 54.3 Å². The molecule has 0 unspecified atom stereocenters. The highest BCUT2D eigenvalue weighted by Crippen LogP contribution is 2.19. The average molecular weight is 200 g/mol. The van der Waals surface area contributed by atoms with E-state index in [1.54, 1.807) is 12.2 Å². The maximum atomic E-state index is 9.31. The second kappa shape index (κ2) is 4.97. The highest BCUT2D eigenvalue weighted by atomic mass is 16.7. The van der Waals surface area contributed by atoms with Crippen molar-refractivity contribution in [3.8, 4) is 0 Å². The lowest BCUT2D eigenvalue weighted by Crippen LogP contribution is -2.43. The van der Waals surface area contributed by atoms with E-state index in [-0.39, 0.29) is 11.8 Å². The zero-order valence-electron chi connectivity index (χ0n) is 8.56. The van der Waals surface area contributed by atoms with Crippen LogP contribution in [0, 0.1) is 0 Å². The predicted molar refractivity (Wildman–Crippen MR) is 52.9 cm³/mol. The minimum absolute atomic E-state index is 0.128. The van der Waals surface area contributed by atoms with Gasteiger partial charge >= 0.3 is 0 Å². The molecule has 1 atom stereocenters. The maximum absolute atomic E-state index is 9.31. The van der Waals surface area contributed by atoms with Crippen LogP contribution in [0.5, 0.6) is 0 Å². The molecule has 0 aromatic heterocycles. The molecule has 1 aliphatic rings. The highest BCUT2D eigenvalue weighted by molar-refractivity contribution is 5.86. The van der Waals surface area contributed by atoms with Crippen molar-refractivity contribution >= 4 is 5.71 Å². The summed E-state index contributed by atoms with van der Waals surface area (Å²) >= 11 is 0. The van der Waals surface area contributed by atoms with E-state index in [4.69, 9.17) is 9.68 Å². The first-order chi connectivity index (χ1) is 6.69. The fourth-order valence-electron chi connectivity index (χ4n) is 1.54. The van der Waals surface area contributed by atoms with E-state index in [2.05, 4.69) is 11.7 Å². The van der Waals surface area contributed by atoms with Gasteiger partial charge in [0.15, 0.2) is 0 Å². The van der Waals surface area contributed by atoms with Crippen LogP contribution in [0.4, 0.5) is 0 Å². The van der Waals surface area contributed by atoms with Gasteiger partial charge < -0.3 is 14.8 Å². The van der Waals surface area contributed by atoms with Gasteiger partial charge in [0.1, 0.15) is 12.9 Å². The number of nitrogens with zero attached hydrogens (tertiary/aromatic N) is 2. The fraction of sp³-hybridized carbons (Fsp3) is 0.667. The number of oxime groups is 1. The number of piperidine rings is 1. The number of aliphatic hydroxyl groups excluding tert-OH is 1. The third-order valence-corrected chi connectivity index (χ3v) is 2.23. The molecule has 80 valence electrons. The van der Waals surface area contributed by atoms with Crippen molar-refractivity contribution in [3.63, 3.8) is 0 Å². The number of hydroxylamine groups is 2. The zero-order chi connectivity index (χ0) is 10.6. The van der Waals surface area contributed by atoms with Crippen molar-refractivity contribution in [1.29, 1.82) is 0 Å². The van der Waals surface area contributed by atoms with Gasteiger partial charge in [0.25, 0.3) is 0 Å². The Bertz CT molecular complexity index is 240. The van der Waals surface area contributed by atoms with E-state index in [1.165, 1.54) is 7.11 Å². The smallest absolute Gasteiger partial charge is 0.106 e. The lowest BCUT2D eigenvalue weighted by Gasteiger charge is -2.32. The Hall–Kier alpha value is -1.07. The Kier molecular flexibility index (Phi) is 3.91. The standard InChI is InChI=1S/C9H16N2O3/c1-7(12)9-5-4-8(10-13-2)6-11(9)14-3/h9,12H,1,4-6H2,2-3H3/b10-8-/t9-/m0/s1. The molecule has 0 spiro atoms. The van der Waals surface area contributed by atoms with Gasteiger partial charge in [-0.3, -0.25) is 0 Å². The molecule has 0 bridgehead atoms. The Morgan fingerprint density at radius 2 is 2.36 bits per heavy atom. The lowest BCUT2D eigenvalue weighted by atomic mass is 10.0. The molecule has 1 N–H and O–H groups in total. The Morgan fingerprint density at radius 1 is 1.64 bits per heavy atom. The first-order valence-electron chi connectivity index (χ1n) is 4.46. The summed E-state index contributed by atoms with van der Waals surface area (Å²) in [5.41, 5.74) is 0.909. The minimum Gasteiger partial charge on any atom is -0.511 e. The number of hydrogen-bond acceptors (Lipinski definition) is 5. The molecule has 5 nitrogen and oxygen atoms in total. The molecule has 0 aromatic carbocycles. The van der Waals surface area contributed by atoms with E-state index in [1.807, 2.05) is 0 Å². The Labute approximate surface area is 83.5 Å². The van der Waals surface area contributed by atoms with Crippen LogP contribution < -0.4 is 0 Å². The summed E-state index contributed by atoms with van der Waals surface area (Å²) in [5, 5.41) is 14.8. The van der Waals surface area contributed by atoms with E-state index < -0.39 is 0 Å². The summed E-state index contributed by atoms with van der Waals surface area (Å²) in [5.74, 6) is 0.128. The second-order valence-electron chi connectivity index (χ2n) is 3.14. The van der Waals surface area contributed by atoms with Gasteiger partial charge in [0.2, 0.25) is 0 Å². The van der Waals surface area contributed by atoms with Crippen molar-refractivity contribution in [3.05, 3.63) is 12.3 Å². The predicted octanol–water partition coefficient (Wildman–Crippen LogP) is 1.09. The molecule has 1 saturated heterocycles. The normalized spacial score (nSPS) is 26.4. The second-order valence-corrected chi connectivity index (χ2v) is 3.14. The van der Waals surface area contributed by atoms with Gasteiger partial charge in [-0.25, -0.2) is 0 Å². The van der Waals surface area contributed by atoms with Crippen molar-refractivity contribution in [2.75, 3.05) is 20.8 Å². The van der Waals surface area contributed by atoms with Crippen LogP contribution in [-0.4, -0.2) is 42.7 Å². The third kappa shape index (κ3) is 2.46. The molecule has 0 aromatic rings. The minimum atomic E-state index is -0.143. The van der Waals surface area contributed by atoms with E-state index in [0.29, 0.717) is 6.54 Å². The SMILES string of the molecule is C=C(O)[C@@H]1CC/C(=N/OC)CN1OC. The van der Waals surface area contributed by atoms with Gasteiger partial charge in [-0.15, -0.1) is 0 Å². The van der Waals surface area contributed by atoms with Crippen molar-refractivity contribution in [2.45, 2.75) is 18.9 Å². The Morgan fingerprint density at radius 3 is 2.86 bits per heavy atom. The van der Waals surface area contributed by atoms with Crippen LogP contribution in [0.25, 0.3) is 0 Å². The van der Waals surface area contributed by atoms with Crippen LogP contribution in [0.15, 0.2) is 17.5 Å². The monoisotopic (exact) mass is 200 g/mol. The van der Waals surface area contributed by atoms with Crippen molar-refractivity contribution < 1.29 is 14.8 Å². The summed E-state index contributed by atoms with van der Waals surface area (Å²) in [6.45, 7) is 4.05. The van der Waals surface area contributed by atoms with Crippen molar-refractivity contribution in [1.82, 2.24) is 5.06 Å². The van der Waals surface area contributed by atoms with Crippen LogP contribution in [-0.2, 0) is 9.68 Å². The zero-order valence-corrected chi connectivity index (χ0v) is 8.56. The maximum Gasteiger partial charge on any atom is 0.106 e. The van der Waals surface area contributed by atoms with E-state index >= 15 is 0 Å². The number of rotatable bonds is 3. The van der Waals surface area contributed by atoms with Gasteiger partial charge in [0, 0.05) is 0 Å². The molecule has 14 heavy (non-hydrogen) atoms. The number of hydrogen-bond donors (Lipinski definition) is 1. The molecule has 1 aliphatic heterocycles. The molecule has 5 heteroatoms. The van der Waals surface area contributed by atoms with Crippen LogP contribution in [0.2, 0.25) is 0 Å². The summed E-state index contributed by atoms with van der Waals surface area (Å²) in [4.78, 5) is 9.81. The molecular weight excluding hydrogens is 184 g/mol. The van der Waals surface area contributed by atoms with Gasteiger partial charge in [-0.05, 0) is 12.8 Å². The van der Waals surface area contributed by atoms with E-state index in [9.17, 15) is 5.11 Å². The molecule has 0 amide bonds. The largest absolute Gasteiger partial charge is 0.511 e. The Balaban J connectivity index is 2.63. The lowest BCUT2D eigenvalue weighted by molar-refractivity contribution is -0.154. The highest BCUT2D eigenvalue weighted by Gasteiger charge is 2.28. The first-order valence-corrected chi connectivity index (χ1v) is 4.46. The number of aliphatic hydroxyl groups is 1. The molecule has 1 heterocycles. The molecule has 0 radical (unpaired) electrons. The summed E-state index contributed by atoms with van der Waals surface area (Å²) in [6, 6.07) is -0.143. The summed E-state index contributed by atoms with van der Waals surface area (Å²) in [7, 11) is 3.08. The molecular formula is C9H16N2O3. The van der Waals surface area contributed by atoms with Crippen molar-refractivity contribution in [2.24, 2.45) is 5.16 Å². The first kappa shape index (κ1) is 11.0. The fourth-order valence-corrected chi connectivity index (χ4v) is 1.54. The van der Waals surface area contributed by atoms with Crippen LogP contribution >= 0.6 is 0 Å². The average Bonchev–Trinajstić information content (AvgIpc) is 2.17. The third-order valence-electron chi connectivity index (χ3n) is 2.23. The van der Waals surface area contributed by atoms with Crippen LogP contribution in [0.1, 0.15) is 12.8 Å². The molecule has 0 aliphatic carbocycles. The van der Waals surface area contributed by atoms with Gasteiger partial charge in [-0.2, -0.15) is 5.06 Å². The van der Waals surface area contributed by atoms with E-state index in [0.717, 1.165) is 18.6 Å². The quantitative estimate of drug-likeness (QED) is 0.547. The van der Waals surface area contributed by atoms with Crippen LogP contribution in [0.3, 0.4) is 0 Å². The molecule has 1 fully saturated rings. The molecule has 1 rings (SSSR count). The summed E-state index contributed by atoms with van der Waals surface area (Å²) in [6.07, 6.45) is 1.53. The molecule has 0 saturated carbocycles. The summed E-state index contributed by atoms with van der Waals surface area (Å²) < 4.78 is 0. The van der Waals surface area contributed by atoms with Gasteiger partial charge in [-0.1, -0.05) is 11.7 Å². The van der Waals surface area contributed by atoms with Gasteiger partial charge in [0.05, 0.1) is 25.4 Å².